The topological polar surface area (TPSA) is 55.4 Å². The van der Waals surface area contributed by atoms with E-state index in [9.17, 15) is 9.00 Å². The molecule has 1 aliphatic carbocycles. The first-order valence-corrected chi connectivity index (χ1v) is 6.90. The number of hydrogen-bond donors (Lipinski definition) is 1. The molecule has 18 heavy (non-hydrogen) atoms. The van der Waals surface area contributed by atoms with Crippen molar-refractivity contribution in [2.45, 2.75) is 22.6 Å². The number of carbonyl (C=O) groups is 1. The standard InChI is InChI=1S/C13H15NO3S/c1-17-13(15)14-10-7-8-12(9-10)18(16)11-5-3-2-4-6-11/h2-8,10,12H,9H2,1H3,(H,14,15). The Balaban J connectivity index is 1.96. The highest BCUT2D eigenvalue weighted by atomic mass is 32.2. The van der Waals surface area contributed by atoms with Crippen LogP contribution >= 0.6 is 0 Å². The van der Waals surface area contributed by atoms with Crippen molar-refractivity contribution in [2.75, 3.05) is 7.11 Å². The third-order valence-corrected chi connectivity index (χ3v) is 4.42. The third-order valence-electron chi connectivity index (χ3n) is 2.78. The molecule has 0 spiro atoms. The van der Waals surface area contributed by atoms with Gasteiger partial charge in [-0.25, -0.2) is 4.79 Å². The average molecular weight is 265 g/mol. The number of ether oxygens (including phenoxy) is 1. The van der Waals surface area contributed by atoms with E-state index in [2.05, 4.69) is 10.1 Å². The monoisotopic (exact) mass is 265 g/mol. The number of methoxy groups -OCH3 is 1. The number of carbonyl (C=O) groups excluding carboxylic acids is 1. The Morgan fingerprint density at radius 1 is 1.33 bits per heavy atom. The Bertz CT molecular complexity index is 472. The van der Waals surface area contributed by atoms with Gasteiger partial charge in [-0.1, -0.05) is 30.4 Å². The van der Waals surface area contributed by atoms with E-state index in [-0.39, 0.29) is 11.3 Å². The number of amides is 1. The fourth-order valence-electron chi connectivity index (χ4n) is 1.87. The van der Waals surface area contributed by atoms with Gasteiger partial charge in [0.1, 0.15) is 0 Å². The van der Waals surface area contributed by atoms with Crippen molar-refractivity contribution in [1.29, 1.82) is 0 Å². The zero-order valence-corrected chi connectivity index (χ0v) is 10.9. The summed E-state index contributed by atoms with van der Waals surface area (Å²) in [6.07, 6.45) is 3.93. The van der Waals surface area contributed by atoms with Crippen LogP contribution in [0.5, 0.6) is 0 Å². The van der Waals surface area contributed by atoms with Gasteiger partial charge in [-0.15, -0.1) is 0 Å². The molecule has 4 nitrogen and oxygen atoms in total. The van der Waals surface area contributed by atoms with Crippen LogP contribution in [0.15, 0.2) is 47.4 Å². The van der Waals surface area contributed by atoms with Crippen molar-refractivity contribution in [3.8, 4) is 0 Å². The first-order valence-electron chi connectivity index (χ1n) is 5.69. The average Bonchev–Trinajstić information content (AvgIpc) is 2.87. The number of benzene rings is 1. The molecular formula is C13H15NO3S. The van der Waals surface area contributed by atoms with E-state index in [1.165, 1.54) is 7.11 Å². The SMILES string of the molecule is COC(=O)NC1C=CC(S(=O)c2ccccc2)C1. The lowest BCUT2D eigenvalue weighted by Gasteiger charge is -2.12. The molecule has 0 fully saturated rings. The molecule has 1 N–H and O–H groups in total. The summed E-state index contributed by atoms with van der Waals surface area (Å²) in [6, 6.07) is 9.24. The summed E-state index contributed by atoms with van der Waals surface area (Å²) in [7, 11) is 0.252. The van der Waals surface area contributed by atoms with Crippen molar-refractivity contribution in [3.05, 3.63) is 42.5 Å². The van der Waals surface area contributed by atoms with Crippen LogP contribution in [-0.4, -0.2) is 28.7 Å². The van der Waals surface area contributed by atoms with Crippen LogP contribution in [0.2, 0.25) is 0 Å². The molecule has 5 heteroatoms. The molecule has 3 atom stereocenters. The predicted octanol–water partition coefficient (Wildman–Crippen LogP) is 1.85. The minimum absolute atomic E-state index is 0.0606. The van der Waals surface area contributed by atoms with E-state index < -0.39 is 16.9 Å². The Morgan fingerprint density at radius 2 is 2.06 bits per heavy atom. The summed E-state index contributed by atoms with van der Waals surface area (Å²) >= 11 is 0. The molecule has 1 amide bonds. The van der Waals surface area contributed by atoms with Gasteiger partial charge < -0.3 is 10.1 Å². The molecule has 1 aromatic rings. The second kappa shape index (κ2) is 5.82. The van der Waals surface area contributed by atoms with Gasteiger partial charge in [-0.3, -0.25) is 4.21 Å². The highest BCUT2D eigenvalue weighted by molar-refractivity contribution is 7.85. The summed E-state index contributed by atoms with van der Waals surface area (Å²) in [6.45, 7) is 0. The fraction of sp³-hybridized carbons (Fsp3) is 0.308. The first kappa shape index (κ1) is 12.8. The van der Waals surface area contributed by atoms with Gasteiger partial charge in [0.15, 0.2) is 0 Å². The van der Waals surface area contributed by atoms with Gasteiger partial charge in [-0.05, 0) is 18.6 Å². The van der Waals surface area contributed by atoms with Gasteiger partial charge in [-0.2, -0.15) is 0 Å². The summed E-state index contributed by atoms with van der Waals surface area (Å²) < 4.78 is 16.8. The van der Waals surface area contributed by atoms with Crippen LogP contribution < -0.4 is 5.32 Å². The van der Waals surface area contributed by atoms with Gasteiger partial charge in [0.25, 0.3) is 0 Å². The molecule has 1 aromatic carbocycles. The summed E-state index contributed by atoms with van der Waals surface area (Å²) in [5.74, 6) is 0. The van der Waals surface area contributed by atoms with Gasteiger partial charge >= 0.3 is 6.09 Å². The highest BCUT2D eigenvalue weighted by Gasteiger charge is 2.25. The van der Waals surface area contributed by atoms with Gasteiger partial charge in [0.05, 0.1) is 29.2 Å². The van der Waals surface area contributed by atoms with Crippen LogP contribution in [0, 0.1) is 0 Å². The number of hydrogen-bond acceptors (Lipinski definition) is 3. The number of rotatable bonds is 3. The predicted molar refractivity (Wildman–Crippen MR) is 69.7 cm³/mol. The third kappa shape index (κ3) is 2.98. The lowest BCUT2D eigenvalue weighted by molar-refractivity contribution is 0.168. The van der Waals surface area contributed by atoms with E-state index in [4.69, 9.17) is 0 Å². The van der Waals surface area contributed by atoms with Crippen LogP contribution in [0.1, 0.15) is 6.42 Å². The van der Waals surface area contributed by atoms with Crippen molar-refractivity contribution >= 4 is 16.9 Å². The van der Waals surface area contributed by atoms with E-state index in [1.54, 1.807) is 0 Å². The Hall–Kier alpha value is -1.62. The maximum Gasteiger partial charge on any atom is 0.407 e. The molecule has 0 aliphatic heterocycles. The molecule has 0 heterocycles. The van der Waals surface area contributed by atoms with E-state index in [1.807, 2.05) is 42.5 Å². The molecule has 96 valence electrons. The minimum Gasteiger partial charge on any atom is -0.453 e. The summed E-state index contributed by atoms with van der Waals surface area (Å²) in [5, 5.41) is 2.62. The number of alkyl carbamates (subject to hydrolysis) is 1. The minimum atomic E-state index is -1.08. The lowest BCUT2D eigenvalue weighted by Crippen LogP contribution is -2.33. The Morgan fingerprint density at radius 3 is 2.72 bits per heavy atom. The maximum atomic E-state index is 12.3. The lowest BCUT2D eigenvalue weighted by atomic mass is 10.3. The summed E-state index contributed by atoms with van der Waals surface area (Å²) in [5.41, 5.74) is 0. The Kier molecular flexibility index (Phi) is 4.15. The van der Waals surface area contributed by atoms with Crippen molar-refractivity contribution in [3.63, 3.8) is 0 Å². The molecule has 0 saturated carbocycles. The van der Waals surface area contributed by atoms with Gasteiger partial charge in [0.2, 0.25) is 0 Å². The molecule has 0 bridgehead atoms. The zero-order valence-electron chi connectivity index (χ0n) is 10.0. The molecular weight excluding hydrogens is 250 g/mol. The molecule has 3 unspecified atom stereocenters. The molecule has 0 saturated heterocycles. The Labute approximate surface area is 108 Å². The normalized spacial score (nSPS) is 23.6. The van der Waals surface area contributed by atoms with E-state index in [0.29, 0.717) is 6.42 Å². The zero-order chi connectivity index (χ0) is 13.0. The smallest absolute Gasteiger partial charge is 0.407 e. The van der Waals surface area contributed by atoms with Crippen molar-refractivity contribution < 1.29 is 13.7 Å². The quantitative estimate of drug-likeness (QED) is 0.849. The van der Waals surface area contributed by atoms with Crippen molar-refractivity contribution in [1.82, 2.24) is 5.32 Å². The van der Waals surface area contributed by atoms with Crippen LogP contribution in [0.3, 0.4) is 0 Å². The highest BCUT2D eigenvalue weighted by Crippen LogP contribution is 2.21. The second-order valence-corrected chi connectivity index (χ2v) is 5.68. The van der Waals surface area contributed by atoms with Crippen LogP contribution in [0.25, 0.3) is 0 Å². The molecule has 0 aromatic heterocycles. The maximum absolute atomic E-state index is 12.3. The van der Waals surface area contributed by atoms with Gasteiger partial charge in [0, 0.05) is 4.90 Å². The molecule has 0 radical (unpaired) electrons. The van der Waals surface area contributed by atoms with E-state index >= 15 is 0 Å². The van der Waals surface area contributed by atoms with Crippen LogP contribution in [-0.2, 0) is 15.5 Å². The van der Waals surface area contributed by atoms with Crippen LogP contribution in [0.4, 0.5) is 4.79 Å². The summed E-state index contributed by atoms with van der Waals surface area (Å²) in [4.78, 5) is 11.9. The molecule has 2 rings (SSSR count). The fourth-order valence-corrected chi connectivity index (χ4v) is 3.26. The second-order valence-electron chi connectivity index (χ2n) is 4.01. The first-order chi connectivity index (χ1) is 8.70. The molecule has 1 aliphatic rings. The van der Waals surface area contributed by atoms with E-state index in [0.717, 1.165) is 4.90 Å². The van der Waals surface area contributed by atoms with Crippen molar-refractivity contribution in [2.24, 2.45) is 0 Å². The largest absolute Gasteiger partial charge is 0.453 e. The number of nitrogens with one attached hydrogen (secondary N) is 1.